The number of nitrogens with zero attached hydrogens (tertiary/aromatic N) is 1. The van der Waals surface area contributed by atoms with Gasteiger partial charge in [-0.05, 0) is 37.9 Å². The Morgan fingerprint density at radius 2 is 2.00 bits per heavy atom. The largest absolute Gasteiger partial charge is 0.396 e. The third-order valence-corrected chi connectivity index (χ3v) is 3.56. The van der Waals surface area contributed by atoms with Crippen LogP contribution in [0.15, 0.2) is 24.3 Å². The number of fused-ring (bicyclic) bond motifs is 1. The van der Waals surface area contributed by atoms with Gasteiger partial charge in [-0.1, -0.05) is 18.2 Å². The van der Waals surface area contributed by atoms with Crippen LogP contribution >= 0.6 is 0 Å². The monoisotopic (exact) mass is 246 g/mol. The summed E-state index contributed by atoms with van der Waals surface area (Å²) in [4.78, 5) is 0. The number of nitrogens with one attached hydrogen (secondary N) is 1. The second-order valence-electron chi connectivity index (χ2n) is 4.76. The fraction of sp³-hybridized carbons (Fsp3) is 0.467. The number of para-hydroxylation sites is 1. The SMILES string of the molecule is Cc1c(CNCCCCO)n(C)c2ccccc12. The lowest BCUT2D eigenvalue weighted by atomic mass is 10.1. The summed E-state index contributed by atoms with van der Waals surface area (Å²) >= 11 is 0. The van der Waals surface area contributed by atoms with Crippen molar-refractivity contribution in [3.05, 3.63) is 35.5 Å². The molecule has 0 unspecified atom stereocenters. The molecule has 0 radical (unpaired) electrons. The Morgan fingerprint density at radius 1 is 1.22 bits per heavy atom. The molecule has 98 valence electrons. The van der Waals surface area contributed by atoms with Crippen LogP contribution in [-0.2, 0) is 13.6 Å². The van der Waals surface area contributed by atoms with Crippen molar-refractivity contribution < 1.29 is 5.11 Å². The normalized spacial score (nSPS) is 11.3. The van der Waals surface area contributed by atoms with Crippen LogP contribution in [0.25, 0.3) is 10.9 Å². The third kappa shape index (κ3) is 2.57. The smallest absolute Gasteiger partial charge is 0.0483 e. The van der Waals surface area contributed by atoms with E-state index < -0.39 is 0 Å². The molecule has 2 rings (SSSR count). The van der Waals surface area contributed by atoms with Crippen molar-refractivity contribution in [1.82, 2.24) is 9.88 Å². The van der Waals surface area contributed by atoms with E-state index in [-0.39, 0.29) is 6.61 Å². The van der Waals surface area contributed by atoms with E-state index >= 15 is 0 Å². The zero-order valence-electron chi connectivity index (χ0n) is 11.2. The lowest BCUT2D eigenvalue weighted by Gasteiger charge is -2.07. The first-order chi connectivity index (χ1) is 8.75. The molecule has 1 heterocycles. The Hall–Kier alpha value is -1.32. The first-order valence-corrected chi connectivity index (χ1v) is 6.60. The van der Waals surface area contributed by atoms with Crippen LogP contribution in [0.5, 0.6) is 0 Å². The van der Waals surface area contributed by atoms with Gasteiger partial charge in [0, 0.05) is 36.8 Å². The van der Waals surface area contributed by atoms with E-state index in [1.54, 1.807) is 0 Å². The number of hydrogen-bond donors (Lipinski definition) is 2. The predicted octanol–water partition coefficient (Wildman–Crippen LogP) is 2.35. The average molecular weight is 246 g/mol. The summed E-state index contributed by atoms with van der Waals surface area (Å²) in [5.74, 6) is 0. The molecule has 3 nitrogen and oxygen atoms in total. The molecule has 0 aliphatic carbocycles. The van der Waals surface area contributed by atoms with Gasteiger partial charge in [-0.15, -0.1) is 0 Å². The Balaban J connectivity index is 2.08. The Morgan fingerprint density at radius 3 is 2.72 bits per heavy atom. The van der Waals surface area contributed by atoms with Crippen LogP contribution in [0, 0.1) is 6.92 Å². The minimum absolute atomic E-state index is 0.286. The highest BCUT2D eigenvalue weighted by Gasteiger charge is 2.09. The molecule has 0 saturated carbocycles. The van der Waals surface area contributed by atoms with Gasteiger partial charge in [-0.25, -0.2) is 0 Å². The van der Waals surface area contributed by atoms with Gasteiger partial charge in [0.15, 0.2) is 0 Å². The fourth-order valence-corrected chi connectivity index (χ4v) is 2.46. The third-order valence-electron chi connectivity index (χ3n) is 3.56. The fourth-order valence-electron chi connectivity index (χ4n) is 2.46. The molecule has 1 aromatic heterocycles. The highest BCUT2D eigenvalue weighted by Crippen LogP contribution is 2.24. The number of hydrogen-bond acceptors (Lipinski definition) is 2. The molecule has 0 aliphatic rings. The van der Waals surface area contributed by atoms with Crippen molar-refractivity contribution >= 4 is 10.9 Å². The number of rotatable bonds is 6. The molecule has 0 saturated heterocycles. The minimum Gasteiger partial charge on any atom is -0.396 e. The quantitative estimate of drug-likeness (QED) is 0.768. The van der Waals surface area contributed by atoms with Gasteiger partial charge in [0.2, 0.25) is 0 Å². The standard InChI is InChI=1S/C15H22N2O/c1-12-13-7-3-4-8-14(13)17(2)15(12)11-16-9-5-6-10-18/h3-4,7-8,16,18H,5-6,9-11H2,1-2H3. The molecular formula is C15H22N2O. The summed E-state index contributed by atoms with van der Waals surface area (Å²) in [7, 11) is 2.13. The van der Waals surface area contributed by atoms with Crippen LogP contribution in [0.4, 0.5) is 0 Å². The summed E-state index contributed by atoms with van der Waals surface area (Å²) in [6, 6.07) is 8.52. The van der Waals surface area contributed by atoms with E-state index in [0.717, 1.165) is 25.9 Å². The van der Waals surface area contributed by atoms with Crippen molar-refractivity contribution in [2.75, 3.05) is 13.2 Å². The number of benzene rings is 1. The van der Waals surface area contributed by atoms with Gasteiger partial charge in [-0.2, -0.15) is 0 Å². The first kappa shape index (κ1) is 13.1. The van der Waals surface area contributed by atoms with E-state index in [4.69, 9.17) is 5.11 Å². The van der Waals surface area contributed by atoms with Gasteiger partial charge in [0.1, 0.15) is 0 Å². The predicted molar refractivity (Wildman–Crippen MR) is 75.7 cm³/mol. The van der Waals surface area contributed by atoms with E-state index in [1.807, 2.05) is 0 Å². The molecule has 0 fully saturated rings. The van der Waals surface area contributed by atoms with Crippen molar-refractivity contribution in [3.8, 4) is 0 Å². The van der Waals surface area contributed by atoms with Crippen molar-refractivity contribution in [3.63, 3.8) is 0 Å². The molecule has 1 aromatic carbocycles. The topological polar surface area (TPSA) is 37.2 Å². The molecule has 0 bridgehead atoms. The lowest BCUT2D eigenvalue weighted by molar-refractivity contribution is 0.283. The highest BCUT2D eigenvalue weighted by molar-refractivity contribution is 5.85. The first-order valence-electron chi connectivity index (χ1n) is 6.60. The summed E-state index contributed by atoms with van der Waals surface area (Å²) < 4.78 is 2.27. The highest BCUT2D eigenvalue weighted by atomic mass is 16.2. The van der Waals surface area contributed by atoms with Crippen LogP contribution < -0.4 is 5.32 Å². The van der Waals surface area contributed by atoms with Gasteiger partial charge in [0.05, 0.1) is 0 Å². The Kier molecular flexibility index (Phi) is 4.39. The summed E-state index contributed by atoms with van der Waals surface area (Å²) in [5, 5.41) is 13.5. The number of aliphatic hydroxyl groups excluding tert-OH is 1. The minimum atomic E-state index is 0.286. The molecule has 0 spiro atoms. The van der Waals surface area contributed by atoms with Crippen LogP contribution in [0.1, 0.15) is 24.1 Å². The molecule has 0 amide bonds. The molecule has 18 heavy (non-hydrogen) atoms. The maximum absolute atomic E-state index is 8.73. The van der Waals surface area contributed by atoms with Gasteiger partial charge in [-0.3, -0.25) is 0 Å². The van der Waals surface area contributed by atoms with Gasteiger partial charge in [0.25, 0.3) is 0 Å². The second-order valence-corrected chi connectivity index (χ2v) is 4.76. The number of unbranched alkanes of at least 4 members (excludes halogenated alkanes) is 1. The van der Waals surface area contributed by atoms with Gasteiger partial charge < -0.3 is 15.0 Å². The number of aryl methyl sites for hydroxylation is 2. The summed E-state index contributed by atoms with van der Waals surface area (Å²) in [5.41, 5.74) is 4.00. The lowest BCUT2D eigenvalue weighted by Crippen LogP contribution is -2.17. The van der Waals surface area contributed by atoms with Gasteiger partial charge >= 0.3 is 0 Å². The molecular weight excluding hydrogens is 224 g/mol. The summed E-state index contributed by atoms with van der Waals surface area (Å²) in [6.07, 6.45) is 1.90. The molecule has 0 atom stereocenters. The molecule has 3 heteroatoms. The zero-order chi connectivity index (χ0) is 13.0. The van der Waals surface area contributed by atoms with E-state index in [9.17, 15) is 0 Å². The zero-order valence-corrected chi connectivity index (χ0v) is 11.2. The number of aliphatic hydroxyl groups is 1. The molecule has 2 aromatic rings. The van der Waals surface area contributed by atoms with Crippen LogP contribution in [0.2, 0.25) is 0 Å². The van der Waals surface area contributed by atoms with E-state index in [0.29, 0.717) is 0 Å². The van der Waals surface area contributed by atoms with Crippen molar-refractivity contribution in [2.45, 2.75) is 26.3 Å². The van der Waals surface area contributed by atoms with Crippen LogP contribution in [-0.4, -0.2) is 22.8 Å². The van der Waals surface area contributed by atoms with E-state index in [2.05, 4.69) is 48.1 Å². The second kappa shape index (κ2) is 6.03. The number of aromatic nitrogens is 1. The van der Waals surface area contributed by atoms with Crippen molar-refractivity contribution in [2.24, 2.45) is 7.05 Å². The molecule has 2 N–H and O–H groups in total. The maximum atomic E-state index is 8.73. The van der Waals surface area contributed by atoms with Crippen molar-refractivity contribution in [1.29, 1.82) is 0 Å². The Bertz CT molecular complexity index is 477. The molecule has 0 aliphatic heterocycles. The summed E-state index contributed by atoms with van der Waals surface area (Å²) in [6.45, 7) is 4.33. The average Bonchev–Trinajstić information content (AvgIpc) is 2.64. The van der Waals surface area contributed by atoms with E-state index in [1.165, 1.54) is 22.2 Å². The Labute approximate surface area is 108 Å². The van der Waals surface area contributed by atoms with Crippen LogP contribution in [0.3, 0.4) is 0 Å². The maximum Gasteiger partial charge on any atom is 0.0483 e.